The van der Waals surface area contributed by atoms with E-state index in [-0.39, 0.29) is 18.1 Å². The number of para-hydroxylation sites is 1. The Balaban J connectivity index is 1.17. The van der Waals surface area contributed by atoms with Gasteiger partial charge in [-0.05, 0) is 42.3 Å². The lowest BCUT2D eigenvalue weighted by molar-refractivity contribution is -0.137. The molecule has 6 rings (SSSR count). The molecule has 0 saturated heterocycles. The average Bonchev–Trinajstić information content (AvgIpc) is 3.67. The summed E-state index contributed by atoms with van der Waals surface area (Å²) in [4.78, 5) is 26.0. The molecule has 0 bridgehead atoms. The molecule has 1 aliphatic rings. The van der Waals surface area contributed by atoms with Crippen molar-refractivity contribution in [2.45, 2.75) is 31.4 Å². The largest absolute Gasteiger partial charge is 0.395 e. The fraction of sp³-hybridized carbons (Fsp3) is 0.226. The molecule has 0 fully saturated rings. The van der Waals surface area contributed by atoms with Crippen LogP contribution in [0.1, 0.15) is 36.1 Å². The molecule has 0 saturated carbocycles. The van der Waals surface area contributed by atoms with Crippen molar-refractivity contribution in [1.82, 2.24) is 24.8 Å². The maximum Gasteiger partial charge on any atom is 0.279 e. The van der Waals surface area contributed by atoms with Gasteiger partial charge in [0.1, 0.15) is 0 Å². The molecule has 208 valence electrons. The first-order chi connectivity index (χ1) is 19.9. The number of nitrogens with one attached hydrogen (secondary N) is 2. The van der Waals surface area contributed by atoms with Gasteiger partial charge in [0.15, 0.2) is 5.60 Å². The maximum atomic E-state index is 13.0. The number of aryl methyl sites for hydroxylation is 1. The minimum atomic E-state index is -1.80. The van der Waals surface area contributed by atoms with Crippen molar-refractivity contribution in [2.24, 2.45) is 5.92 Å². The number of hydrogen-bond donors (Lipinski definition) is 4. The Kier molecular flexibility index (Phi) is 6.86. The Bertz CT molecular complexity index is 1800. The molecule has 0 spiro atoms. The Morgan fingerprint density at radius 1 is 1.05 bits per heavy atom. The van der Waals surface area contributed by atoms with Crippen molar-refractivity contribution in [3.63, 3.8) is 0 Å². The average molecular weight is 551 g/mol. The number of amides is 1. The lowest BCUT2D eigenvalue weighted by Gasteiger charge is -2.26. The lowest BCUT2D eigenvalue weighted by atomic mass is 9.82. The second kappa shape index (κ2) is 10.6. The van der Waals surface area contributed by atoms with E-state index in [0.717, 1.165) is 5.56 Å². The monoisotopic (exact) mass is 550 g/mol. The van der Waals surface area contributed by atoms with Crippen LogP contribution in [0.25, 0.3) is 16.6 Å². The Hall–Kier alpha value is -4.80. The second-order valence-corrected chi connectivity index (χ2v) is 10.3. The van der Waals surface area contributed by atoms with Gasteiger partial charge in [-0.15, -0.1) is 5.10 Å². The maximum absolute atomic E-state index is 13.0. The first kappa shape index (κ1) is 26.4. The van der Waals surface area contributed by atoms with Crippen LogP contribution in [-0.4, -0.2) is 47.5 Å². The normalized spacial score (nSPS) is 18.1. The van der Waals surface area contributed by atoms with Gasteiger partial charge in [0, 0.05) is 29.9 Å². The number of carbonyl (C=O) groups is 1. The van der Waals surface area contributed by atoms with Crippen LogP contribution in [0.15, 0.2) is 95.9 Å². The molecule has 0 radical (unpaired) electrons. The molecule has 1 amide bonds. The van der Waals surface area contributed by atoms with Crippen LogP contribution >= 0.6 is 0 Å². The summed E-state index contributed by atoms with van der Waals surface area (Å²) in [6.07, 6.45) is 6.14. The number of aliphatic hydroxyl groups is 2. The zero-order chi connectivity index (χ0) is 28.6. The van der Waals surface area contributed by atoms with Crippen molar-refractivity contribution in [2.75, 3.05) is 11.9 Å². The first-order valence-electron chi connectivity index (χ1n) is 13.5. The van der Waals surface area contributed by atoms with Gasteiger partial charge < -0.3 is 15.5 Å². The predicted octanol–water partition coefficient (Wildman–Crippen LogP) is 3.46. The molecular formula is C31H30N6O4. The van der Waals surface area contributed by atoms with Crippen LogP contribution in [0.3, 0.4) is 0 Å². The van der Waals surface area contributed by atoms with Gasteiger partial charge >= 0.3 is 0 Å². The molecule has 3 atom stereocenters. The number of hydrogen-bond acceptors (Lipinski definition) is 6. The highest BCUT2D eigenvalue weighted by Crippen LogP contribution is 2.42. The highest BCUT2D eigenvalue weighted by Gasteiger charge is 2.48. The minimum absolute atomic E-state index is 0.0706. The lowest BCUT2D eigenvalue weighted by Crippen LogP contribution is -2.39. The summed E-state index contributed by atoms with van der Waals surface area (Å²) in [6, 6.07) is 22.0. The van der Waals surface area contributed by atoms with Crippen molar-refractivity contribution < 1.29 is 15.0 Å². The van der Waals surface area contributed by atoms with Gasteiger partial charge in [-0.1, -0.05) is 66.8 Å². The standard InChI is InChI=1S/C31H30N6O4/c1-20(9-7-8-16-36-18-28(33-35-36)24(19-38)21-10-3-2-4-11-21)31(41)25-17-22(14-15-27(25)32-30(31)40)37-29(39)23-12-5-6-13-26(23)34-37/h2-7,9-15,17-18,20,24,34,38,41H,8,16,19H2,1H3,(H,32,40)/b9-7+/t20-,24?,31+/m0/s1. The predicted molar refractivity (Wildman–Crippen MR) is 155 cm³/mol. The summed E-state index contributed by atoms with van der Waals surface area (Å²) in [5.41, 5.74) is 1.80. The van der Waals surface area contributed by atoms with Crippen LogP contribution in [0.2, 0.25) is 0 Å². The number of aliphatic hydroxyl groups excluding tert-OH is 1. The fourth-order valence-corrected chi connectivity index (χ4v) is 5.41. The van der Waals surface area contributed by atoms with Crippen LogP contribution in [0.4, 0.5) is 5.69 Å². The molecule has 5 aromatic rings. The summed E-state index contributed by atoms with van der Waals surface area (Å²) >= 11 is 0. The summed E-state index contributed by atoms with van der Waals surface area (Å²) in [5, 5.41) is 36.4. The molecule has 10 nitrogen and oxygen atoms in total. The number of fused-ring (bicyclic) bond motifs is 2. The van der Waals surface area contributed by atoms with E-state index < -0.39 is 17.4 Å². The summed E-state index contributed by atoms with van der Waals surface area (Å²) < 4.78 is 3.13. The topological polar surface area (TPSA) is 138 Å². The highest BCUT2D eigenvalue weighted by atomic mass is 16.3. The summed E-state index contributed by atoms with van der Waals surface area (Å²) in [5.74, 6) is -1.31. The van der Waals surface area contributed by atoms with E-state index in [1.54, 1.807) is 41.9 Å². The zero-order valence-corrected chi connectivity index (χ0v) is 22.4. The summed E-state index contributed by atoms with van der Waals surface area (Å²) in [6.45, 7) is 2.25. The van der Waals surface area contributed by atoms with Gasteiger partial charge in [0.2, 0.25) is 0 Å². The third kappa shape index (κ3) is 4.66. The third-order valence-electron chi connectivity index (χ3n) is 7.77. The Morgan fingerprint density at radius 3 is 2.61 bits per heavy atom. The van der Waals surface area contributed by atoms with E-state index in [4.69, 9.17) is 0 Å². The zero-order valence-electron chi connectivity index (χ0n) is 22.4. The van der Waals surface area contributed by atoms with Gasteiger partial charge in [0.25, 0.3) is 11.5 Å². The Labute approximate surface area is 235 Å². The molecule has 3 aromatic carbocycles. The summed E-state index contributed by atoms with van der Waals surface area (Å²) in [7, 11) is 0. The van der Waals surface area contributed by atoms with E-state index in [1.165, 1.54) is 4.68 Å². The fourth-order valence-electron chi connectivity index (χ4n) is 5.41. The molecule has 2 aromatic heterocycles. The van der Waals surface area contributed by atoms with E-state index >= 15 is 0 Å². The van der Waals surface area contributed by atoms with Crippen molar-refractivity contribution in [3.05, 3.63) is 118 Å². The van der Waals surface area contributed by atoms with Crippen molar-refractivity contribution in [1.29, 1.82) is 0 Å². The minimum Gasteiger partial charge on any atom is -0.395 e. The number of nitrogens with zero attached hydrogens (tertiary/aromatic N) is 4. The molecule has 10 heteroatoms. The molecule has 4 N–H and O–H groups in total. The number of rotatable bonds is 9. The smallest absolute Gasteiger partial charge is 0.279 e. The van der Waals surface area contributed by atoms with Gasteiger partial charge in [-0.25, -0.2) is 4.68 Å². The van der Waals surface area contributed by atoms with Crippen LogP contribution < -0.4 is 10.9 Å². The molecule has 1 unspecified atom stereocenters. The number of H-pyrrole nitrogens is 1. The van der Waals surface area contributed by atoms with E-state index in [9.17, 15) is 19.8 Å². The molecule has 3 heterocycles. The first-order valence-corrected chi connectivity index (χ1v) is 13.5. The number of aromatic amines is 1. The highest BCUT2D eigenvalue weighted by molar-refractivity contribution is 6.05. The molecular weight excluding hydrogens is 520 g/mol. The van der Waals surface area contributed by atoms with Gasteiger partial charge in [0.05, 0.1) is 34.8 Å². The van der Waals surface area contributed by atoms with E-state index in [0.29, 0.717) is 46.5 Å². The van der Waals surface area contributed by atoms with Crippen molar-refractivity contribution in [3.8, 4) is 5.69 Å². The van der Waals surface area contributed by atoms with Crippen molar-refractivity contribution >= 4 is 22.5 Å². The van der Waals surface area contributed by atoms with Crippen LogP contribution in [-0.2, 0) is 16.9 Å². The number of aromatic nitrogens is 5. The van der Waals surface area contributed by atoms with E-state index in [1.807, 2.05) is 60.8 Å². The number of benzene rings is 3. The quantitative estimate of drug-likeness (QED) is 0.208. The SMILES string of the molecule is C[C@@H](/C=C/CCn1cc(C(CO)c2ccccc2)nn1)[C@]1(O)C(=O)Nc2ccc(-n3[nH]c4ccccc4c3=O)cc21. The number of allylic oxidation sites excluding steroid dienone is 1. The van der Waals surface area contributed by atoms with E-state index in [2.05, 4.69) is 20.7 Å². The number of carbonyl (C=O) groups excluding carboxylic acids is 1. The molecule has 0 aliphatic carbocycles. The number of anilines is 1. The molecule has 41 heavy (non-hydrogen) atoms. The van der Waals surface area contributed by atoms with Crippen LogP contribution in [0.5, 0.6) is 0 Å². The third-order valence-corrected chi connectivity index (χ3v) is 7.77. The van der Waals surface area contributed by atoms with Crippen LogP contribution in [0, 0.1) is 5.92 Å². The van der Waals surface area contributed by atoms with Gasteiger partial charge in [-0.2, -0.15) is 0 Å². The van der Waals surface area contributed by atoms with Gasteiger partial charge in [-0.3, -0.25) is 19.4 Å². The second-order valence-electron chi connectivity index (χ2n) is 10.3. The Morgan fingerprint density at radius 2 is 1.83 bits per heavy atom. The molecule has 1 aliphatic heterocycles.